The van der Waals surface area contributed by atoms with Crippen molar-refractivity contribution in [2.75, 3.05) is 11.9 Å². The molecule has 9 heteroatoms. The summed E-state index contributed by atoms with van der Waals surface area (Å²) in [5.74, 6) is -1.22. The fourth-order valence-electron chi connectivity index (χ4n) is 3.76. The molecule has 0 aliphatic carbocycles. The molecular weight excluding hydrogens is 424 g/mol. The number of carbonyl (C=O) groups is 3. The minimum Gasteiger partial charge on any atom is -0.324 e. The van der Waals surface area contributed by atoms with Gasteiger partial charge in [-0.1, -0.05) is 60.7 Å². The highest BCUT2D eigenvalue weighted by molar-refractivity contribution is 6.10. The highest BCUT2D eigenvalue weighted by Crippen LogP contribution is 2.31. The van der Waals surface area contributed by atoms with Gasteiger partial charge in [-0.2, -0.15) is 0 Å². The van der Waals surface area contributed by atoms with Crippen molar-refractivity contribution < 1.29 is 19.3 Å². The van der Waals surface area contributed by atoms with Gasteiger partial charge in [0.2, 0.25) is 5.91 Å². The first kappa shape index (κ1) is 21.7. The first-order valence-corrected chi connectivity index (χ1v) is 10.1. The van der Waals surface area contributed by atoms with Crippen molar-refractivity contribution in [2.24, 2.45) is 0 Å². The molecule has 1 aliphatic rings. The predicted molar refractivity (Wildman–Crippen MR) is 121 cm³/mol. The molecule has 0 radical (unpaired) electrons. The minimum atomic E-state index is -1.52. The smallest absolute Gasteiger partial charge is 0.324 e. The van der Waals surface area contributed by atoms with E-state index in [0.29, 0.717) is 5.69 Å². The molecule has 2 N–H and O–H groups in total. The van der Waals surface area contributed by atoms with Gasteiger partial charge < -0.3 is 10.6 Å². The Morgan fingerprint density at radius 2 is 1.73 bits per heavy atom. The third-order valence-electron chi connectivity index (χ3n) is 5.50. The first-order chi connectivity index (χ1) is 15.8. The monoisotopic (exact) mass is 444 g/mol. The number of hydrogen-bond acceptors (Lipinski definition) is 5. The molecule has 0 aromatic heterocycles. The number of anilines is 1. The zero-order chi connectivity index (χ0) is 23.6. The Morgan fingerprint density at radius 3 is 2.45 bits per heavy atom. The Morgan fingerprint density at radius 1 is 1.03 bits per heavy atom. The van der Waals surface area contributed by atoms with E-state index in [0.717, 1.165) is 16.0 Å². The lowest BCUT2D eigenvalue weighted by Crippen LogP contribution is -2.42. The second kappa shape index (κ2) is 8.54. The quantitative estimate of drug-likeness (QED) is 0.341. The molecule has 1 fully saturated rings. The molecule has 1 heterocycles. The molecule has 9 nitrogen and oxygen atoms in total. The molecule has 3 aromatic rings. The second-order valence-electron chi connectivity index (χ2n) is 7.71. The van der Waals surface area contributed by atoms with Crippen molar-refractivity contribution in [1.82, 2.24) is 10.2 Å². The van der Waals surface area contributed by atoms with Crippen molar-refractivity contribution in [2.45, 2.75) is 12.5 Å². The van der Waals surface area contributed by atoms with Gasteiger partial charge in [-0.25, -0.2) is 4.79 Å². The molecule has 4 amide bonds. The number of amides is 4. The van der Waals surface area contributed by atoms with Crippen molar-refractivity contribution in [3.05, 3.63) is 94.5 Å². The van der Waals surface area contributed by atoms with E-state index < -0.39 is 34.9 Å². The molecule has 0 spiro atoms. The minimum absolute atomic E-state index is 0.204. The zero-order valence-corrected chi connectivity index (χ0v) is 17.6. The maximum atomic E-state index is 13.1. The number of non-ortho nitro benzene ring substituents is 1. The molecule has 166 valence electrons. The number of nitrogens with one attached hydrogen (secondary N) is 2. The first-order valence-electron chi connectivity index (χ1n) is 10.1. The highest BCUT2D eigenvalue weighted by atomic mass is 16.6. The van der Waals surface area contributed by atoms with Crippen LogP contribution in [0, 0.1) is 10.1 Å². The molecule has 3 aromatic carbocycles. The highest BCUT2D eigenvalue weighted by Gasteiger charge is 2.49. The number of nitro benzene ring substituents is 1. The van der Waals surface area contributed by atoms with E-state index in [2.05, 4.69) is 10.6 Å². The van der Waals surface area contributed by atoms with Gasteiger partial charge >= 0.3 is 6.03 Å². The maximum Gasteiger partial charge on any atom is 0.325 e. The summed E-state index contributed by atoms with van der Waals surface area (Å²) in [7, 11) is 0. The van der Waals surface area contributed by atoms with E-state index >= 15 is 0 Å². The van der Waals surface area contributed by atoms with Crippen LogP contribution < -0.4 is 10.6 Å². The summed E-state index contributed by atoms with van der Waals surface area (Å²) in [5.41, 5.74) is 0.775. The Bertz CT molecular complexity index is 1260. The molecule has 1 unspecified atom stereocenters. The van der Waals surface area contributed by atoms with Gasteiger partial charge in [-0.3, -0.25) is 24.6 Å². The van der Waals surface area contributed by atoms with Crippen molar-refractivity contribution in [3.63, 3.8) is 0 Å². The van der Waals surface area contributed by atoms with E-state index in [1.54, 1.807) is 12.1 Å². The third-order valence-corrected chi connectivity index (χ3v) is 5.50. The summed E-state index contributed by atoms with van der Waals surface area (Å²) in [6, 6.07) is 21.4. The van der Waals surface area contributed by atoms with E-state index in [4.69, 9.17) is 0 Å². The van der Waals surface area contributed by atoms with Gasteiger partial charge in [0, 0.05) is 23.4 Å². The van der Waals surface area contributed by atoms with Crippen molar-refractivity contribution >= 4 is 29.2 Å². The number of nitro groups is 1. The largest absolute Gasteiger partial charge is 0.325 e. The summed E-state index contributed by atoms with van der Waals surface area (Å²) < 4.78 is 0. The van der Waals surface area contributed by atoms with Crippen molar-refractivity contribution in [3.8, 4) is 11.1 Å². The lowest BCUT2D eigenvalue weighted by Gasteiger charge is -2.22. The third kappa shape index (κ3) is 4.16. The zero-order valence-electron chi connectivity index (χ0n) is 17.6. The number of hydrogen-bond donors (Lipinski definition) is 2. The lowest BCUT2D eigenvalue weighted by atomic mass is 9.91. The van der Waals surface area contributed by atoms with Crippen LogP contribution in [-0.4, -0.2) is 34.2 Å². The number of benzene rings is 3. The normalized spacial score (nSPS) is 17.5. The number of imide groups is 1. The molecule has 1 aliphatic heterocycles. The van der Waals surface area contributed by atoms with E-state index in [-0.39, 0.29) is 11.3 Å². The standard InChI is InChI=1S/C24H20N4O5/c1-24(17-10-7-11-18(14-17)28(32)33)22(30)27(23(31)26-24)15-21(29)25-20-13-6-5-12-19(20)16-8-3-2-4-9-16/h2-14H,15H2,1H3,(H,25,29)(H,26,31). The molecule has 0 saturated carbocycles. The van der Waals surface area contributed by atoms with Crippen LogP contribution >= 0.6 is 0 Å². The average molecular weight is 444 g/mol. The van der Waals surface area contributed by atoms with Crippen LogP contribution in [-0.2, 0) is 15.1 Å². The van der Waals surface area contributed by atoms with E-state index in [1.165, 1.54) is 31.2 Å². The Labute approximate surface area is 189 Å². The van der Waals surface area contributed by atoms with Gasteiger partial charge in [-0.05, 0) is 24.1 Å². The maximum absolute atomic E-state index is 13.1. The van der Waals surface area contributed by atoms with E-state index in [1.807, 2.05) is 42.5 Å². The number of carbonyl (C=O) groups excluding carboxylic acids is 3. The Kier molecular flexibility index (Phi) is 5.61. The number of nitrogens with zero attached hydrogens (tertiary/aromatic N) is 2. The van der Waals surface area contributed by atoms with Gasteiger partial charge in [0.05, 0.1) is 4.92 Å². The van der Waals surface area contributed by atoms with Crippen LogP contribution in [0.1, 0.15) is 12.5 Å². The van der Waals surface area contributed by atoms with Gasteiger partial charge in [-0.15, -0.1) is 0 Å². The van der Waals surface area contributed by atoms with Crippen LogP contribution in [0.4, 0.5) is 16.2 Å². The second-order valence-corrected chi connectivity index (χ2v) is 7.71. The molecule has 4 rings (SSSR count). The Balaban J connectivity index is 1.53. The summed E-state index contributed by atoms with van der Waals surface area (Å²) >= 11 is 0. The predicted octanol–water partition coefficient (Wildman–Crippen LogP) is 3.67. The molecule has 1 atom stereocenters. The Hall–Kier alpha value is -4.53. The van der Waals surface area contributed by atoms with Gasteiger partial charge in [0.15, 0.2) is 0 Å². The summed E-state index contributed by atoms with van der Waals surface area (Å²) in [6.07, 6.45) is 0. The SMILES string of the molecule is CC1(c2cccc([N+](=O)[O-])c2)NC(=O)N(CC(=O)Nc2ccccc2-c2ccccc2)C1=O. The number of urea groups is 1. The molecular formula is C24H20N4O5. The molecule has 0 bridgehead atoms. The van der Waals surface area contributed by atoms with Gasteiger partial charge in [0.1, 0.15) is 12.1 Å². The molecule has 33 heavy (non-hydrogen) atoms. The fourth-order valence-corrected chi connectivity index (χ4v) is 3.76. The van der Waals surface area contributed by atoms with Crippen LogP contribution in [0.3, 0.4) is 0 Å². The summed E-state index contributed by atoms with van der Waals surface area (Å²) in [5, 5.41) is 16.4. The fraction of sp³-hybridized carbons (Fsp3) is 0.125. The average Bonchev–Trinajstić information content (AvgIpc) is 3.04. The number of rotatable bonds is 6. The molecule has 1 saturated heterocycles. The van der Waals surface area contributed by atoms with Gasteiger partial charge in [0.25, 0.3) is 11.6 Å². The summed E-state index contributed by atoms with van der Waals surface area (Å²) in [6.45, 7) is 0.952. The van der Waals surface area contributed by atoms with Crippen LogP contribution in [0.5, 0.6) is 0 Å². The topological polar surface area (TPSA) is 122 Å². The number of para-hydroxylation sites is 1. The van der Waals surface area contributed by atoms with E-state index in [9.17, 15) is 24.5 Å². The summed E-state index contributed by atoms with van der Waals surface area (Å²) in [4.78, 5) is 49.7. The van der Waals surface area contributed by atoms with Crippen LogP contribution in [0.25, 0.3) is 11.1 Å². The van der Waals surface area contributed by atoms with Crippen LogP contribution in [0.2, 0.25) is 0 Å². The van der Waals surface area contributed by atoms with Crippen LogP contribution in [0.15, 0.2) is 78.9 Å². The van der Waals surface area contributed by atoms with Crippen molar-refractivity contribution in [1.29, 1.82) is 0 Å². The lowest BCUT2D eigenvalue weighted by molar-refractivity contribution is -0.385.